The number of rotatable bonds is 3. The van der Waals surface area contributed by atoms with Crippen LogP contribution in [0, 0.1) is 0 Å². The highest BCUT2D eigenvalue weighted by molar-refractivity contribution is 6.06. The van der Waals surface area contributed by atoms with Crippen molar-refractivity contribution in [2.45, 2.75) is 12.6 Å². The summed E-state index contributed by atoms with van der Waals surface area (Å²) in [6.45, 7) is 0. The number of carbonyl (C=O) groups is 1. The smallest absolute Gasteiger partial charge is 0.256 e. The number of hydrogen-bond donors (Lipinski definition) is 1. The van der Waals surface area contributed by atoms with Crippen molar-refractivity contribution in [3.63, 3.8) is 0 Å². The van der Waals surface area contributed by atoms with Crippen LogP contribution in [0.25, 0.3) is 11.2 Å². The van der Waals surface area contributed by atoms with Crippen molar-refractivity contribution in [1.29, 1.82) is 0 Å². The maximum Gasteiger partial charge on any atom is 0.256 e. The van der Waals surface area contributed by atoms with Gasteiger partial charge in [0.05, 0.1) is 6.26 Å². The van der Waals surface area contributed by atoms with Crippen LogP contribution in [0.4, 0.5) is 5.82 Å². The molecule has 1 atom stereocenters. The maximum atomic E-state index is 12.3. The van der Waals surface area contributed by atoms with E-state index in [-0.39, 0.29) is 12.1 Å². The van der Waals surface area contributed by atoms with Gasteiger partial charge in [0.15, 0.2) is 23.2 Å². The number of anilines is 1. The van der Waals surface area contributed by atoms with Gasteiger partial charge in [-0.3, -0.25) is 9.36 Å². The first kappa shape index (κ1) is 13.4. The minimum Gasteiger partial charge on any atom is -0.478 e. The molecule has 0 saturated carbocycles. The summed E-state index contributed by atoms with van der Waals surface area (Å²) in [6, 6.07) is 8.96. The number of ether oxygens (including phenoxy) is 1. The first-order valence-corrected chi connectivity index (χ1v) is 7.17. The third kappa shape index (κ3) is 2.42. The number of nitrogens with zero attached hydrogens (tertiary/aromatic N) is 4. The second-order valence-electron chi connectivity index (χ2n) is 5.06. The van der Waals surface area contributed by atoms with E-state index in [0.717, 1.165) is 6.42 Å². The van der Waals surface area contributed by atoms with Crippen molar-refractivity contribution in [2.24, 2.45) is 0 Å². The molecule has 0 unspecified atom stereocenters. The van der Waals surface area contributed by atoms with Crippen LogP contribution in [0.1, 0.15) is 23.0 Å². The Labute approximate surface area is 131 Å². The predicted molar refractivity (Wildman–Crippen MR) is 83.6 cm³/mol. The Morgan fingerprint density at radius 3 is 2.87 bits per heavy atom. The van der Waals surface area contributed by atoms with Crippen molar-refractivity contribution in [2.75, 3.05) is 5.32 Å². The molecule has 0 aliphatic carbocycles. The summed E-state index contributed by atoms with van der Waals surface area (Å²) in [6.07, 6.45) is 7.25. The van der Waals surface area contributed by atoms with E-state index in [1.165, 1.54) is 6.33 Å². The van der Waals surface area contributed by atoms with Crippen LogP contribution in [0.15, 0.2) is 55.3 Å². The molecular weight excluding hydrogens is 294 g/mol. The molecule has 0 fully saturated rings. The van der Waals surface area contributed by atoms with Gasteiger partial charge in [0, 0.05) is 12.0 Å². The number of aromatic nitrogens is 4. The van der Waals surface area contributed by atoms with E-state index in [1.54, 1.807) is 24.7 Å². The first-order valence-electron chi connectivity index (χ1n) is 7.17. The Bertz CT molecular complexity index is 880. The molecule has 1 N–H and O–H groups in total. The zero-order valence-corrected chi connectivity index (χ0v) is 12.1. The number of benzene rings is 1. The van der Waals surface area contributed by atoms with Crippen molar-refractivity contribution in [3.05, 3.63) is 60.9 Å². The molecule has 0 radical (unpaired) electrons. The highest BCUT2D eigenvalue weighted by Crippen LogP contribution is 2.26. The lowest BCUT2D eigenvalue weighted by molar-refractivity contribution is 0.102. The zero-order chi connectivity index (χ0) is 15.6. The quantitative estimate of drug-likeness (QED) is 0.804. The number of carbonyl (C=O) groups excluding carboxylic acids is 1. The van der Waals surface area contributed by atoms with E-state index >= 15 is 0 Å². The van der Waals surface area contributed by atoms with E-state index in [2.05, 4.69) is 20.3 Å². The third-order valence-electron chi connectivity index (χ3n) is 3.61. The van der Waals surface area contributed by atoms with Gasteiger partial charge in [-0.1, -0.05) is 18.2 Å². The molecule has 3 heterocycles. The van der Waals surface area contributed by atoms with E-state index in [1.807, 2.05) is 28.8 Å². The van der Waals surface area contributed by atoms with Gasteiger partial charge in [0.2, 0.25) is 0 Å². The summed E-state index contributed by atoms with van der Waals surface area (Å²) in [5, 5.41) is 2.78. The molecule has 1 aromatic carbocycles. The Kier molecular flexibility index (Phi) is 3.23. The topological polar surface area (TPSA) is 81.9 Å². The van der Waals surface area contributed by atoms with Crippen molar-refractivity contribution >= 4 is 22.9 Å². The van der Waals surface area contributed by atoms with E-state index in [0.29, 0.717) is 22.5 Å². The van der Waals surface area contributed by atoms with Crippen LogP contribution < -0.4 is 5.32 Å². The predicted octanol–water partition coefficient (Wildman–Crippen LogP) is 2.51. The highest BCUT2D eigenvalue weighted by Gasteiger charge is 2.19. The highest BCUT2D eigenvalue weighted by atomic mass is 16.5. The third-order valence-corrected chi connectivity index (χ3v) is 3.61. The minimum atomic E-state index is -0.237. The largest absolute Gasteiger partial charge is 0.478 e. The molecule has 2 aromatic heterocycles. The van der Waals surface area contributed by atoms with Crippen molar-refractivity contribution in [1.82, 2.24) is 19.5 Å². The number of fused-ring (bicyclic) bond motifs is 1. The number of amides is 1. The van der Waals surface area contributed by atoms with Crippen LogP contribution in [0.3, 0.4) is 0 Å². The van der Waals surface area contributed by atoms with Gasteiger partial charge in [-0.15, -0.1) is 0 Å². The lowest BCUT2D eigenvalue weighted by atomic mass is 10.2. The second kappa shape index (κ2) is 5.53. The Balaban J connectivity index is 1.67. The van der Waals surface area contributed by atoms with Crippen molar-refractivity contribution in [3.8, 4) is 0 Å². The molecule has 7 nitrogen and oxygen atoms in total. The molecule has 23 heavy (non-hydrogen) atoms. The Morgan fingerprint density at radius 1 is 1.22 bits per heavy atom. The van der Waals surface area contributed by atoms with Crippen LogP contribution in [-0.2, 0) is 4.74 Å². The molecular formula is C16H13N5O2. The van der Waals surface area contributed by atoms with Crippen LogP contribution in [-0.4, -0.2) is 25.4 Å². The summed E-state index contributed by atoms with van der Waals surface area (Å²) >= 11 is 0. The molecule has 1 amide bonds. The van der Waals surface area contributed by atoms with E-state index in [4.69, 9.17) is 4.74 Å². The van der Waals surface area contributed by atoms with Crippen LogP contribution in [0.5, 0.6) is 0 Å². The number of hydrogen-bond acceptors (Lipinski definition) is 5. The first-order chi connectivity index (χ1) is 11.3. The SMILES string of the molecule is O=C(Nc1ncnc2c1ncn2[C@H]1CC=CO1)c1ccccc1. The molecule has 0 bridgehead atoms. The zero-order valence-electron chi connectivity index (χ0n) is 12.1. The Hall–Kier alpha value is -3.22. The van der Waals surface area contributed by atoms with E-state index < -0.39 is 0 Å². The summed E-state index contributed by atoms with van der Waals surface area (Å²) in [5.74, 6) is 0.146. The molecule has 3 aromatic rings. The van der Waals surface area contributed by atoms with Gasteiger partial charge in [0.1, 0.15) is 12.7 Å². The molecule has 114 valence electrons. The van der Waals surface area contributed by atoms with Crippen LogP contribution >= 0.6 is 0 Å². The molecule has 1 aliphatic rings. The van der Waals surface area contributed by atoms with Gasteiger partial charge >= 0.3 is 0 Å². The molecule has 7 heteroatoms. The fraction of sp³-hybridized carbons (Fsp3) is 0.125. The average molecular weight is 307 g/mol. The fourth-order valence-electron chi connectivity index (χ4n) is 2.48. The monoisotopic (exact) mass is 307 g/mol. The van der Waals surface area contributed by atoms with Crippen LogP contribution in [0.2, 0.25) is 0 Å². The normalized spacial score (nSPS) is 16.4. The van der Waals surface area contributed by atoms with Gasteiger partial charge in [-0.2, -0.15) is 0 Å². The Morgan fingerprint density at radius 2 is 2.09 bits per heavy atom. The van der Waals surface area contributed by atoms with Crippen molar-refractivity contribution < 1.29 is 9.53 Å². The summed E-state index contributed by atoms with van der Waals surface area (Å²) in [7, 11) is 0. The molecule has 1 aliphatic heterocycles. The summed E-state index contributed by atoms with van der Waals surface area (Å²) in [4.78, 5) is 25.0. The van der Waals surface area contributed by atoms with Gasteiger partial charge in [0.25, 0.3) is 5.91 Å². The molecule has 0 spiro atoms. The lowest BCUT2D eigenvalue weighted by Crippen LogP contribution is -2.13. The second-order valence-corrected chi connectivity index (χ2v) is 5.06. The molecule has 0 saturated heterocycles. The van der Waals surface area contributed by atoms with E-state index in [9.17, 15) is 4.79 Å². The van der Waals surface area contributed by atoms with Gasteiger partial charge in [-0.25, -0.2) is 15.0 Å². The lowest BCUT2D eigenvalue weighted by Gasteiger charge is -2.12. The number of nitrogens with one attached hydrogen (secondary N) is 1. The fourth-order valence-corrected chi connectivity index (χ4v) is 2.48. The van der Waals surface area contributed by atoms with Gasteiger partial charge < -0.3 is 10.1 Å². The molecule has 4 rings (SSSR count). The number of imidazole rings is 1. The maximum absolute atomic E-state index is 12.3. The summed E-state index contributed by atoms with van der Waals surface area (Å²) in [5.41, 5.74) is 1.71. The van der Waals surface area contributed by atoms with Gasteiger partial charge in [-0.05, 0) is 18.2 Å². The average Bonchev–Trinajstić information content (AvgIpc) is 3.25. The minimum absolute atomic E-state index is 0.160. The summed E-state index contributed by atoms with van der Waals surface area (Å²) < 4.78 is 7.32. The standard InChI is InChI=1S/C16H13N5O2/c22-16(11-5-2-1-3-6-11)20-14-13-15(18-9-17-14)21(10-19-13)12-7-4-8-23-12/h1-6,8-10,12H,7H2,(H,17,18,20,22)/t12-/m1/s1.